The standard InChI is InChI=1S/C14H24N4O2/c1-14(2,3)20-13(19)17-6-5-12(10-17)18-9-11(7-15-4)8-16-18/h8-9,12,15H,5-7,10H2,1-4H3. The van der Waals surface area contributed by atoms with Crippen LogP contribution in [0.3, 0.4) is 0 Å². The highest BCUT2D eigenvalue weighted by Crippen LogP contribution is 2.23. The molecular formula is C14H24N4O2. The normalized spacial score (nSPS) is 19.4. The van der Waals surface area contributed by atoms with Crippen LogP contribution in [0.2, 0.25) is 0 Å². The Hall–Kier alpha value is -1.56. The minimum Gasteiger partial charge on any atom is -0.444 e. The number of nitrogens with one attached hydrogen (secondary N) is 1. The number of ether oxygens (including phenoxy) is 1. The predicted octanol–water partition coefficient (Wildman–Crippen LogP) is 1.78. The fourth-order valence-corrected chi connectivity index (χ4v) is 2.32. The second-order valence-electron chi connectivity index (χ2n) is 6.23. The highest BCUT2D eigenvalue weighted by Gasteiger charge is 2.30. The third kappa shape index (κ3) is 3.72. The van der Waals surface area contributed by atoms with E-state index in [1.807, 2.05) is 44.9 Å². The molecule has 6 heteroatoms. The van der Waals surface area contributed by atoms with Crippen molar-refractivity contribution in [3.05, 3.63) is 18.0 Å². The molecule has 0 aliphatic carbocycles. The number of hydrogen-bond donors (Lipinski definition) is 1. The Labute approximate surface area is 120 Å². The quantitative estimate of drug-likeness (QED) is 0.917. The first-order valence-electron chi connectivity index (χ1n) is 7.04. The molecule has 20 heavy (non-hydrogen) atoms. The first-order valence-corrected chi connectivity index (χ1v) is 7.04. The minimum atomic E-state index is -0.444. The number of amides is 1. The van der Waals surface area contributed by atoms with Crippen LogP contribution < -0.4 is 5.32 Å². The lowest BCUT2D eigenvalue weighted by atomic mass is 10.2. The fourth-order valence-electron chi connectivity index (χ4n) is 2.32. The summed E-state index contributed by atoms with van der Waals surface area (Å²) >= 11 is 0. The van der Waals surface area contributed by atoms with Crippen molar-refractivity contribution in [1.82, 2.24) is 20.0 Å². The van der Waals surface area contributed by atoms with E-state index in [0.29, 0.717) is 6.54 Å². The van der Waals surface area contributed by atoms with Crippen LogP contribution in [0.25, 0.3) is 0 Å². The summed E-state index contributed by atoms with van der Waals surface area (Å²) in [6.07, 6.45) is 4.59. The van der Waals surface area contributed by atoms with Crippen molar-refractivity contribution in [2.24, 2.45) is 0 Å². The van der Waals surface area contributed by atoms with Gasteiger partial charge < -0.3 is 15.0 Å². The lowest BCUT2D eigenvalue weighted by Gasteiger charge is -2.24. The summed E-state index contributed by atoms with van der Waals surface area (Å²) in [5.74, 6) is 0. The third-order valence-electron chi connectivity index (χ3n) is 3.23. The second-order valence-corrected chi connectivity index (χ2v) is 6.23. The SMILES string of the molecule is CNCc1cnn(C2CCN(C(=O)OC(C)(C)C)C2)c1. The van der Waals surface area contributed by atoms with Crippen LogP contribution in [0.15, 0.2) is 12.4 Å². The molecule has 1 aliphatic heterocycles. The molecule has 1 unspecified atom stereocenters. The van der Waals surface area contributed by atoms with Gasteiger partial charge >= 0.3 is 6.09 Å². The molecule has 0 saturated carbocycles. The maximum Gasteiger partial charge on any atom is 0.410 e. The van der Waals surface area contributed by atoms with E-state index in [9.17, 15) is 4.79 Å². The largest absolute Gasteiger partial charge is 0.444 e. The zero-order valence-corrected chi connectivity index (χ0v) is 12.7. The van der Waals surface area contributed by atoms with E-state index in [0.717, 1.165) is 25.1 Å². The van der Waals surface area contributed by atoms with Crippen molar-refractivity contribution >= 4 is 6.09 Å². The van der Waals surface area contributed by atoms with E-state index in [1.165, 1.54) is 0 Å². The molecular weight excluding hydrogens is 256 g/mol. The topological polar surface area (TPSA) is 59.4 Å². The van der Waals surface area contributed by atoms with Crippen molar-refractivity contribution < 1.29 is 9.53 Å². The lowest BCUT2D eigenvalue weighted by molar-refractivity contribution is 0.0288. The molecule has 1 saturated heterocycles. The van der Waals surface area contributed by atoms with E-state index in [2.05, 4.69) is 10.4 Å². The molecule has 1 amide bonds. The Bertz CT molecular complexity index is 464. The van der Waals surface area contributed by atoms with Crippen LogP contribution in [0.4, 0.5) is 4.79 Å². The van der Waals surface area contributed by atoms with Gasteiger partial charge in [-0.2, -0.15) is 5.10 Å². The molecule has 1 N–H and O–H groups in total. The summed E-state index contributed by atoms with van der Waals surface area (Å²) in [7, 11) is 1.91. The molecule has 0 bridgehead atoms. The Morgan fingerprint density at radius 2 is 2.30 bits per heavy atom. The molecule has 1 aromatic rings. The number of likely N-dealkylation sites (tertiary alicyclic amines) is 1. The maximum absolute atomic E-state index is 12.0. The van der Waals surface area contributed by atoms with Gasteiger partial charge in [0.2, 0.25) is 0 Å². The number of carbonyl (C=O) groups is 1. The molecule has 2 rings (SSSR count). The maximum atomic E-state index is 12.0. The number of hydrogen-bond acceptors (Lipinski definition) is 4. The van der Waals surface area contributed by atoms with Gasteiger partial charge in [0.25, 0.3) is 0 Å². The summed E-state index contributed by atoms with van der Waals surface area (Å²) in [5, 5.41) is 7.49. The smallest absolute Gasteiger partial charge is 0.410 e. The Morgan fingerprint density at radius 3 is 2.95 bits per heavy atom. The van der Waals surface area contributed by atoms with Crippen LogP contribution >= 0.6 is 0 Å². The third-order valence-corrected chi connectivity index (χ3v) is 3.23. The van der Waals surface area contributed by atoms with E-state index in [4.69, 9.17) is 4.74 Å². The van der Waals surface area contributed by atoms with Gasteiger partial charge in [0.1, 0.15) is 5.60 Å². The van der Waals surface area contributed by atoms with Crippen LogP contribution in [-0.4, -0.2) is 46.5 Å². The fraction of sp³-hybridized carbons (Fsp3) is 0.714. The number of nitrogens with zero attached hydrogens (tertiary/aromatic N) is 3. The average molecular weight is 280 g/mol. The van der Waals surface area contributed by atoms with Gasteiger partial charge in [-0.3, -0.25) is 4.68 Å². The number of rotatable bonds is 3. The molecule has 1 atom stereocenters. The zero-order valence-electron chi connectivity index (χ0n) is 12.7. The average Bonchev–Trinajstić information content (AvgIpc) is 2.94. The van der Waals surface area contributed by atoms with Crippen molar-refractivity contribution in [2.75, 3.05) is 20.1 Å². The first-order chi connectivity index (χ1) is 9.39. The van der Waals surface area contributed by atoms with Gasteiger partial charge in [-0.25, -0.2) is 4.79 Å². The molecule has 0 aromatic carbocycles. The Balaban J connectivity index is 1.92. The highest BCUT2D eigenvalue weighted by atomic mass is 16.6. The van der Waals surface area contributed by atoms with Gasteiger partial charge in [0.05, 0.1) is 12.2 Å². The number of carbonyl (C=O) groups excluding carboxylic acids is 1. The van der Waals surface area contributed by atoms with Gasteiger partial charge in [-0.05, 0) is 34.2 Å². The van der Waals surface area contributed by atoms with E-state index in [-0.39, 0.29) is 12.1 Å². The van der Waals surface area contributed by atoms with E-state index in [1.54, 1.807) is 4.90 Å². The molecule has 2 heterocycles. The number of aromatic nitrogens is 2. The molecule has 1 aromatic heterocycles. The van der Waals surface area contributed by atoms with E-state index < -0.39 is 5.60 Å². The van der Waals surface area contributed by atoms with Gasteiger partial charge in [-0.1, -0.05) is 0 Å². The molecule has 112 valence electrons. The lowest BCUT2D eigenvalue weighted by Crippen LogP contribution is -2.35. The van der Waals surface area contributed by atoms with Crippen LogP contribution in [0.1, 0.15) is 38.8 Å². The predicted molar refractivity (Wildman–Crippen MR) is 76.5 cm³/mol. The van der Waals surface area contributed by atoms with Crippen LogP contribution in [-0.2, 0) is 11.3 Å². The summed E-state index contributed by atoms with van der Waals surface area (Å²) in [4.78, 5) is 13.8. The molecule has 6 nitrogen and oxygen atoms in total. The van der Waals surface area contributed by atoms with Crippen LogP contribution in [0, 0.1) is 0 Å². The van der Waals surface area contributed by atoms with Crippen LogP contribution in [0.5, 0.6) is 0 Å². The summed E-state index contributed by atoms with van der Waals surface area (Å²) < 4.78 is 7.35. The summed E-state index contributed by atoms with van der Waals surface area (Å²) in [5.41, 5.74) is 0.712. The molecule has 0 spiro atoms. The zero-order chi connectivity index (χ0) is 14.8. The summed E-state index contributed by atoms with van der Waals surface area (Å²) in [6.45, 7) is 7.85. The first kappa shape index (κ1) is 14.8. The van der Waals surface area contributed by atoms with E-state index >= 15 is 0 Å². The Kier molecular flexibility index (Phi) is 4.32. The van der Waals surface area contributed by atoms with Gasteiger partial charge in [0.15, 0.2) is 0 Å². The molecule has 0 radical (unpaired) electrons. The molecule has 1 fully saturated rings. The monoisotopic (exact) mass is 280 g/mol. The second kappa shape index (κ2) is 5.83. The minimum absolute atomic E-state index is 0.234. The Morgan fingerprint density at radius 1 is 1.55 bits per heavy atom. The molecule has 1 aliphatic rings. The van der Waals surface area contributed by atoms with Crippen molar-refractivity contribution in [3.8, 4) is 0 Å². The summed E-state index contributed by atoms with van der Waals surface area (Å²) in [6, 6.07) is 0.244. The van der Waals surface area contributed by atoms with Crippen molar-refractivity contribution in [1.29, 1.82) is 0 Å². The van der Waals surface area contributed by atoms with Crippen molar-refractivity contribution in [2.45, 2.75) is 45.4 Å². The van der Waals surface area contributed by atoms with Crippen molar-refractivity contribution in [3.63, 3.8) is 0 Å². The highest BCUT2D eigenvalue weighted by molar-refractivity contribution is 5.68. The van der Waals surface area contributed by atoms with Gasteiger partial charge in [-0.15, -0.1) is 0 Å². The van der Waals surface area contributed by atoms with Gasteiger partial charge in [0, 0.05) is 31.4 Å².